The highest BCUT2D eigenvalue weighted by molar-refractivity contribution is 6.40. The number of ketones is 1. The first kappa shape index (κ1) is 12.2. The number of alkyl halides is 3. The summed E-state index contributed by atoms with van der Waals surface area (Å²) in [6.07, 6.45) is -4.63. The predicted octanol–water partition coefficient (Wildman–Crippen LogP) is 2.72. The number of furan rings is 1. The molecule has 0 saturated carbocycles. The molecule has 0 bridgehead atoms. The number of carboxylic acid groups (broad SMARTS) is 1. The van der Waals surface area contributed by atoms with Gasteiger partial charge in [0.05, 0.1) is 0 Å². The Morgan fingerprint density at radius 1 is 1.17 bits per heavy atom. The third kappa shape index (κ3) is 2.06. The van der Waals surface area contributed by atoms with Crippen LogP contribution in [0.1, 0.15) is 16.1 Å². The van der Waals surface area contributed by atoms with E-state index in [1.807, 2.05) is 0 Å². The van der Waals surface area contributed by atoms with Crippen LogP contribution in [0.5, 0.6) is 0 Å². The number of carbonyl (C=O) groups is 2. The number of hydrogen-bond acceptors (Lipinski definition) is 3. The van der Waals surface area contributed by atoms with Gasteiger partial charge in [0.2, 0.25) is 5.76 Å². The lowest BCUT2D eigenvalue weighted by Gasteiger charge is -1.98. The van der Waals surface area contributed by atoms with Crippen molar-refractivity contribution in [3.05, 3.63) is 35.6 Å². The van der Waals surface area contributed by atoms with Crippen molar-refractivity contribution in [1.82, 2.24) is 0 Å². The molecule has 0 fully saturated rings. The number of benzene rings is 1. The van der Waals surface area contributed by atoms with E-state index in [1.54, 1.807) is 0 Å². The molecule has 18 heavy (non-hydrogen) atoms. The Hall–Kier alpha value is -2.31. The van der Waals surface area contributed by atoms with Gasteiger partial charge < -0.3 is 9.52 Å². The first-order valence-corrected chi connectivity index (χ1v) is 4.67. The van der Waals surface area contributed by atoms with Crippen LogP contribution in [0.4, 0.5) is 13.2 Å². The van der Waals surface area contributed by atoms with Gasteiger partial charge >= 0.3 is 12.1 Å². The Labute approximate surface area is 97.6 Å². The lowest BCUT2D eigenvalue weighted by molar-refractivity contribution is -0.152. The van der Waals surface area contributed by atoms with E-state index in [4.69, 9.17) is 5.11 Å². The standard InChI is InChI=1S/C11H5F3O4/c12-11(13,14)8-4-6-3-5(9(15)10(16)17)1-2-7(6)18-8/h1-4H,(H,16,17). The van der Waals surface area contributed by atoms with E-state index in [0.29, 0.717) is 6.07 Å². The molecule has 1 aromatic carbocycles. The highest BCUT2D eigenvalue weighted by Crippen LogP contribution is 2.33. The van der Waals surface area contributed by atoms with E-state index in [9.17, 15) is 22.8 Å². The average Bonchev–Trinajstić information content (AvgIpc) is 2.69. The summed E-state index contributed by atoms with van der Waals surface area (Å²) in [6, 6.07) is 3.99. The Balaban J connectivity index is 2.53. The summed E-state index contributed by atoms with van der Waals surface area (Å²) < 4.78 is 41.6. The first-order chi connectivity index (χ1) is 8.29. The monoisotopic (exact) mass is 258 g/mol. The molecule has 0 aliphatic heterocycles. The van der Waals surface area contributed by atoms with Crippen molar-refractivity contribution in [1.29, 1.82) is 0 Å². The number of halogens is 3. The molecular formula is C11H5F3O4. The van der Waals surface area contributed by atoms with Gasteiger partial charge in [0.25, 0.3) is 5.78 Å². The quantitative estimate of drug-likeness (QED) is 0.664. The molecule has 4 nitrogen and oxygen atoms in total. The normalized spacial score (nSPS) is 11.7. The number of Topliss-reactive ketones (excluding diaryl/α,β-unsaturated/α-hetero) is 1. The van der Waals surface area contributed by atoms with Crippen molar-refractivity contribution >= 4 is 22.7 Å². The van der Waals surface area contributed by atoms with Crippen LogP contribution in [0.25, 0.3) is 11.0 Å². The number of fused-ring (bicyclic) bond motifs is 1. The van der Waals surface area contributed by atoms with Gasteiger partial charge in [0.15, 0.2) is 0 Å². The van der Waals surface area contributed by atoms with Gasteiger partial charge in [-0.1, -0.05) is 0 Å². The zero-order valence-electron chi connectivity index (χ0n) is 8.62. The second kappa shape index (κ2) is 3.86. The predicted molar refractivity (Wildman–Crippen MR) is 53.2 cm³/mol. The Morgan fingerprint density at radius 3 is 2.39 bits per heavy atom. The smallest absolute Gasteiger partial charge is 0.449 e. The average molecular weight is 258 g/mol. The Bertz CT molecular complexity index is 639. The third-order valence-corrected chi connectivity index (χ3v) is 2.25. The number of rotatable bonds is 2. The second-order valence-electron chi connectivity index (χ2n) is 3.50. The molecule has 1 aromatic heterocycles. The summed E-state index contributed by atoms with van der Waals surface area (Å²) in [5.74, 6) is -4.06. The van der Waals surface area contributed by atoms with Gasteiger partial charge in [0.1, 0.15) is 5.58 Å². The van der Waals surface area contributed by atoms with Gasteiger partial charge in [-0.2, -0.15) is 13.2 Å². The molecule has 0 radical (unpaired) electrons. The van der Waals surface area contributed by atoms with E-state index in [0.717, 1.165) is 18.2 Å². The SMILES string of the molecule is O=C(O)C(=O)c1ccc2oc(C(F)(F)F)cc2c1. The van der Waals surface area contributed by atoms with Crippen molar-refractivity contribution in [2.75, 3.05) is 0 Å². The van der Waals surface area contributed by atoms with Crippen LogP contribution >= 0.6 is 0 Å². The molecule has 7 heteroatoms. The lowest BCUT2D eigenvalue weighted by Crippen LogP contribution is -2.12. The van der Waals surface area contributed by atoms with Gasteiger partial charge in [0, 0.05) is 10.9 Å². The van der Waals surface area contributed by atoms with Crippen LogP contribution in [-0.2, 0) is 11.0 Å². The second-order valence-corrected chi connectivity index (χ2v) is 3.50. The highest BCUT2D eigenvalue weighted by Gasteiger charge is 2.35. The minimum absolute atomic E-state index is 0.0226. The summed E-state index contributed by atoms with van der Waals surface area (Å²) in [7, 11) is 0. The summed E-state index contributed by atoms with van der Waals surface area (Å²) in [6.45, 7) is 0. The maximum Gasteiger partial charge on any atom is 0.449 e. The van der Waals surface area contributed by atoms with E-state index < -0.39 is 23.7 Å². The third-order valence-electron chi connectivity index (χ3n) is 2.25. The summed E-state index contributed by atoms with van der Waals surface area (Å²) in [5, 5.41) is 8.51. The summed E-state index contributed by atoms with van der Waals surface area (Å²) >= 11 is 0. The molecule has 2 rings (SSSR count). The largest absolute Gasteiger partial charge is 0.475 e. The molecule has 0 saturated heterocycles. The molecule has 1 heterocycles. The minimum Gasteiger partial charge on any atom is -0.475 e. The Morgan fingerprint density at radius 2 is 1.83 bits per heavy atom. The zero-order chi connectivity index (χ0) is 13.5. The van der Waals surface area contributed by atoms with Crippen LogP contribution in [0.3, 0.4) is 0 Å². The number of carbonyl (C=O) groups excluding carboxylic acids is 1. The van der Waals surface area contributed by atoms with E-state index in [2.05, 4.69) is 4.42 Å². The number of carboxylic acids is 1. The van der Waals surface area contributed by atoms with Crippen LogP contribution in [0, 0.1) is 0 Å². The molecular weight excluding hydrogens is 253 g/mol. The molecule has 0 aliphatic carbocycles. The first-order valence-electron chi connectivity index (χ1n) is 4.67. The highest BCUT2D eigenvalue weighted by atomic mass is 19.4. The molecule has 0 unspecified atom stereocenters. The van der Waals surface area contributed by atoms with Crippen LogP contribution < -0.4 is 0 Å². The fraction of sp³-hybridized carbons (Fsp3) is 0.0909. The molecule has 1 N–H and O–H groups in total. The van der Waals surface area contributed by atoms with Gasteiger partial charge in [-0.15, -0.1) is 0 Å². The van der Waals surface area contributed by atoms with Crippen molar-refractivity contribution in [3.8, 4) is 0 Å². The van der Waals surface area contributed by atoms with Crippen LogP contribution in [0.15, 0.2) is 28.7 Å². The van der Waals surface area contributed by atoms with Crippen molar-refractivity contribution < 1.29 is 32.3 Å². The topological polar surface area (TPSA) is 67.5 Å². The van der Waals surface area contributed by atoms with Gasteiger partial charge in [-0.05, 0) is 24.3 Å². The molecule has 2 aromatic rings. The number of aliphatic carboxylic acids is 1. The molecule has 0 atom stereocenters. The Kier molecular flexibility index (Phi) is 2.61. The van der Waals surface area contributed by atoms with Crippen LogP contribution in [0.2, 0.25) is 0 Å². The van der Waals surface area contributed by atoms with Gasteiger partial charge in [-0.3, -0.25) is 4.79 Å². The van der Waals surface area contributed by atoms with E-state index in [1.165, 1.54) is 0 Å². The van der Waals surface area contributed by atoms with E-state index >= 15 is 0 Å². The maximum atomic E-state index is 12.4. The minimum atomic E-state index is -4.63. The number of hydrogen-bond donors (Lipinski definition) is 1. The van der Waals surface area contributed by atoms with Crippen LogP contribution in [-0.4, -0.2) is 16.9 Å². The fourth-order valence-electron chi connectivity index (χ4n) is 1.45. The van der Waals surface area contributed by atoms with Crippen molar-refractivity contribution in [3.63, 3.8) is 0 Å². The molecule has 94 valence electrons. The fourth-order valence-corrected chi connectivity index (χ4v) is 1.45. The van der Waals surface area contributed by atoms with Crippen molar-refractivity contribution in [2.24, 2.45) is 0 Å². The van der Waals surface area contributed by atoms with Gasteiger partial charge in [-0.25, -0.2) is 4.79 Å². The maximum absolute atomic E-state index is 12.4. The van der Waals surface area contributed by atoms with E-state index in [-0.39, 0.29) is 16.5 Å². The molecule has 0 aliphatic rings. The summed E-state index contributed by atoms with van der Waals surface area (Å²) in [4.78, 5) is 21.6. The molecule has 0 amide bonds. The summed E-state index contributed by atoms with van der Waals surface area (Å²) in [5.41, 5.74) is -0.270. The van der Waals surface area contributed by atoms with Crippen molar-refractivity contribution in [2.45, 2.75) is 6.18 Å². The lowest BCUT2D eigenvalue weighted by atomic mass is 10.1. The molecule has 0 spiro atoms. The zero-order valence-corrected chi connectivity index (χ0v) is 8.62.